The van der Waals surface area contributed by atoms with Crippen molar-refractivity contribution in [2.24, 2.45) is 5.92 Å². The Labute approximate surface area is 180 Å². The van der Waals surface area contributed by atoms with Crippen molar-refractivity contribution in [1.29, 1.82) is 0 Å². The summed E-state index contributed by atoms with van der Waals surface area (Å²) in [5.74, 6) is -1.66. The highest BCUT2D eigenvalue weighted by Crippen LogP contribution is 2.31. The molecule has 4 rings (SSSR count). The van der Waals surface area contributed by atoms with Gasteiger partial charge in [-0.15, -0.1) is 0 Å². The number of piperidine rings is 1. The van der Waals surface area contributed by atoms with Crippen molar-refractivity contribution in [2.75, 3.05) is 13.1 Å². The minimum Gasteiger partial charge on any atom is -0.342 e. The molecule has 2 aromatic heterocycles. The molecule has 1 amide bonds. The van der Waals surface area contributed by atoms with Crippen LogP contribution in [0.4, 0.5) is 8.78 Å². The van der Waals surface area contributed by atoms with Crippen molar-refractivity contribution >= 4 is 5.91 Å². The summed E-state index contributed by atoms with van der Waals surface area (Å²) >= 11 is 0. The molecule has 1 aliphatic rings. The number of likely N-dealkylation sites (tertiary alicyclic amines) is 1. The maximum absolute atomic E-state index is 13.5. The van der Waals surface area contributed by atoms with Gasteiger partial charge in [-0.25, -0.2) is 8.78 Å². The van der Waals surface area contributed by atoms with Gasteiger partial charge in [0.1, 0.15) is 5.69 Å². The molecule has 0 unspecified atom stereocenters. The van der Waals surface area contributed by atoms with Crippen LogP contribution >= 0.6 is 0 Å². The number of amides is 1. The quantitative estimate of drug-likeness (QED) is 0.649. The third-order valence-corrected chi connectivity index (χ3v) is 5.68. The monoisotopic (exact) mass is 422 g/mol. The zero-order chi connectivity index (χ0) is 21.6. The number of benzene rings is 1. The molecule has 1 saturated heterocycles. The fraction of sp³-hybridized carbons (Fsp3) is 0.292. The van der Waals surface area contributed by atoms with E-state index in [1.54, 1.807) is 36.7 Å². The van der Waals surface area contributed by atoms with Gasteiger partial charge in [0.05, 0.1) is 11.7 Å². The molecule has 1 aliphatic heterocycles. The van der Waals surface area contributed by atoms with Crippen LogP contribution in [0.25, 0.3) is 0 Å². The van der Waals surface area contributed by atoms with Crippen molar-refractivity contribution in [2.45, 2.75) is 25.4 Å². The summed E-state index contributed by atoms with van der Waals surface area (Å²) in [4.78, 5) is 23.6. The molecule has 0 bridgehead atoms. The summed E-state index contributed by atoms with van der Waals surface area (Å²) in [6, 6.07) is 14.8. The molecule has 7 heteroatoms. The van der Waals surface area contributed by atoms with Gasteiger partial charge in [-0.3, -0.25) is 19.7 Å². The second-order valence-electron chi connectivity index (χ2n) is 7.78. The molecule has 0 spiro atoms. The molecule has 160 valence electrons. The Morgan fingerprint density at radius 3 is 2.39 bits per heavy atom. The molecule has 3 aromatic rings. The topological polar surface area (TPSA) is 58.1 Å². The van der Waals surface area contributed by atoms with E-state index in [4.69, 9.17) is 0 Å². The second kappa shape index (κ2) is 9.75. The fourth-order valence-electron chi connectivity index (χ4n) is 4.05. The van der Waals surface area contributed by atoms with Crippen LogP contribution < -0.4 is 5.32 Å². The Morgan fingerprint density at radius 1 is 1.00 bits per heavy atom. The Hall–Kier alpha value is -3.19. The normalized spacial score (nSPS) is 16.1. The van der Waals surface area contributed by atoms with Crippen molar-refractivity contribution in [3.8, 4) is 0 Å². The van der Waals surface area contributed by atoms with Gasteiger partial charge < -0.3 is 5.32 Å². The first-order valence-corrected chi connectivity index (χ1v) is 10.4. The van der Waals surface area contributed by atoms with Gasteiger partial charge >= 0.3 is 0 Å². The number of carbonyl (C=O) groups excluding carboxylic acids is 1. The van der Waals surface area contributed by atoms with E-state index in [1.807, 2.05) is 18.2 Å². The number of hydrogen-bond donors (Lipinski definition) is 1. The lowest BCUT2D eigenvalue weighted by atomic mass is 9.87. The van der Waals surface area contributed by atoms with E-state index in [9.17, 15) is 13.6 Å². The van der Waals surface area contributed by atoms with E-state index in [1.165, 1.54) is 12.1 Å². The molecule has 0 aliphatic carbocycles. The Kier molecular flexibility index (Phi) is 6.62. The lowest BCUT2D eigenvalue weighted by molar-refractivity contribution is 0.0883. The summed E-state index contributed by atoms with van der Waals surface area (Å²) in [7, 11) is 0. The predicted molar refractivity (Wildman–Crippen MR) is 113 cm³/mol. The first kappa shape index (κ1) is 21.1. The molecule has 1 aromatic carbocycles. The SMILES string of the molecule is O=C(N[C@@H](c1ccccn1)C1CCN(Cc2ccc(F)c(F)c2)CC1)c1ccccn1. The first-order valence-electron chi connectivity index (χ1n) is 10.4. The average molecular weight is 422 g/mol. The smallest absolute Gasteiger partial charge is 0.270 e. The maximum atomic E-state index is 13.5. The van der Waals surface area contributed by atoms with Crippen molar-refractivity contribution in [1.82, 2.24) is 20.2 Å². The Balaban J connectivity index is 1.43. The second-order valence-corrected chi connectivity index (χ2v) is 7.78. The molecule has 1 atom stereocenters. The molecule has 0 radical (unpaired) electrons. The first-order chi connectivity index (χ1) is 15.1. The van der Waals surface area contributed by atoms with Crippen molar-refractivity contribution in [3.05, 3.63) is 95.6 Å². The number of hydrogen-bond acceptors (Lipinski definition) is 4. The molecule has 0 saturated carbocycles. The number of nitrogens with zero attached hydrogens (tertiary/aromatic N) is 3. The largest absolute Gasteiger partial charge is 0.342 e. The van der Waals surface area contributed by atoms with E-state index in [-0.39, 0.29) is 17.9 Å². The highest BCUT2D eigenvalue weighted by molar-refractivity contribution is 5.92. The van der Waals surface area contributed by atoms with E-state index in [0.29, 0.717) is 12.2 Å². The number of rotatable bonds is 6. The van der Waals surface area contributed by atoms with Gasteiger partial charge in [-0.1, -0.05) is 18.2 Å². The van der Waals surface area contributed by atoms with Crippen LogP contribution in [-0.4, -0.2) is 33.9 Å². The average Bonchev–Trinajstić information content (AvgIpc) is 2.81. The number of aromatic nitrogens is 2. The summed E-state index contributed by atoms with van der Waals surface area (Å²) in [6.07, 6.45) is 5.04. The molecule has 5 nitrogen and oxygen atoms in total. The number of halogens is 2. The summed E-state index contributed by atoms with van der Waals surface area (Å²) in [5.41, 5.74) is 1.95. The summed E-state index contributed by atoms with van der Waals surface area (Å²) < 4.78 is 26.7. The minimum atomic E-state index is -0.829. The minimum absolute atomic E-state index is 0.212. The maximum Gasteiger partial charge on any atom is 0.270 e. The molecule has 3 heterocycles. The van der Waals surface area contributed by atoms with E-state index in [0.717, 1.165) is 37.2 Å². The van der Waals surface area contributed by atoms with Gasteiger partial charge in [0, 0.05) is 18.9 Å². The van der Waals surface area contributed by atoms with Crippen LogP contribution in [0.3, 0.4) is 0 Å². The van der Waals surface area contributed by atoms with Crippen LogP contribution in [-0.2, 0) is 6.54 Å². The fourth-order valence-corrected chi connectivity index (χ4v) is 4.05. The number of pyridine rings is 2. The van der Waals surface area contributed by atoms with Crippen LogP contribution in [0, 0.1) is 17.6 Å². The molecular formula is C24H24F2N4O. The Bertz CT molecular complexity index is 1010. The number of nitrogens with one attached hydrogen (secondary N) is 1. The molecule has 31 heavy (non-hydrogen) atoms. The van der Waals surface area contributed by atoms with Crippen LogP contribution in [0.15, 0.2) is 67.0 Å². The third kappa shape index (κ3) is 5.30. The van der Waals surface area contributed by atoms with Crippen molar-refractivity contribution in [3.63, 3.8) is 0 Å². The van der Waals surface area contributed by atoms with Gasteiger partial charge in [0.25, 0.3) is 5.91 Å². The molecule has 1 N–H and O–H groups in total. The van der Waals surface area contributed by atoms with Crippen LogP contribution in [0.5, 0.6) is 0 Å². The lowest BCUT2D eigenvalue weighted by Crippen LogP contribution is -2.41. The zero-order valence-electron chi connectivity index (χ0n) is 17.0. The highest BCUT2D eigenvalue weighted by Gasteiger charge is 2.30. The number of carbonyl (C=O) groups is 1. The van der Waals surface area contributed by atoms with Gasteiger partial charge in [0.2, 0.25) is 0 Å². The zero-order valence-corrected chi connectivity index (χ0v) is 17.0. The lowest BCUT2D eigenvalue weighted by Gasteiger charge is -2.36. The van der Waals surface area contributed by atoms with E-state index < -0.39 is 11.6 Å². The standard InChI is InChI=1S/C24H24F2N4O/c25-19-8-7-17(15-20(19)26)16-30-13-9-18(10-14-30)23(21-5-1-3-11-27-21)29-24(31)22-6-2-4-12-28-22/h1-8,11-12,15,18,23H,9-10,13-14,16H2,(H,29,31)/t23-/m1/s1. The van der Waals surface area contributed by atoms with E-state index in [2.05, 4.69) is 20.2 Å². The predicted octanol–water partition coefficient (Wildman–Crippen LogP) is 4.14. The third-order valence-electron chi connectivity index (χ3n) is 5.68. The Morgan fingerprint density at radius 2 is 1.74 bits per heavy atom. The highest BCUT2D eigenvalue weighted by atomic mass is 19.2. The van der Waals surface area contributed by atoms with Crippen LogP contribution in [0.2, 0.25) is 0 Å². The van der Waals surface area contributed by atoms with Gasteiger partial charge in [-0.2, -0.15) is 0 Å². The van der Waals surface area contributed by atoms with Crippen molar-refractivity contribution < 1.29 is 13.6 Å². The molecular weight excluding hydrogens is 398 g/mol. The van der Waals surface area contributed by atoms with Gasteiger partial charge in [0.15, 0.2) is 11.6 Å². The summed E-state index contributed by atoms with van der Waals surface area (Å²) in [5, 5.41) is 3.12. The summed E-state index contributed by atoms with van der Waals surface area (Å²) in [6.45, 7) is 2.16. The molecule has 1 fully saturated rings. The van der Waals surface area contributed by atoms with Gasteiger partial charge in [-0.05, 0) is 73.8 Å². The van der Waals surface area contributed by atoms with Crippen LogP contribution in [0.1, 0.15) is 40.6 Å². The van der Waals surface area contributed by atoms with E-state index >= 15 is 0 Å².